The van der Waals surface area contributed by atoms with E-state index in [2.05, 4.69) is 6.08 Å². The zero-order valence-electron chi connectivity index (χ0n) is 14.0. The highest BCUT2D eigenvalue weighted by molar-refractivity contribution is 7.56. The van der Waals surface area contributed by atoms with Crippen LogP contribution in [0, 0.1) is 0 Å². The van der Waals surface area contributed by atoms with Gasteiger partial charge in [0.25, 0.3) is 0 Å². The van der Waals surface area contributed by atoms with Gasteiger partial charge in [-0.25, -0.2) is 9.34 Å². The van der Waals surface area contributed by atoms with Gasteiger partial charge >= 0.3 is 7.59 Å². The predicted molar refractivity (Wildman–Crippen MR) is 86.0 cm³/mol. The Morgan fingerprint density at radius 3 is 2.19 bits per heavy atom. The van der Waals surface area contributed by atoms with Gasteiger partial charge in [0.2, 0.25) is 0 Å². The molecule has 1 aliphatic heterocycles. The third kappa shape index (κ3) is 5.38. The van der Waals surface area contributed by atoms with Crippen molar-refractivity contribution < 1.29 is 14.0 Å². The van der Waals surface area contributed by atoms with Gasteiger partial charge in [0.15, 0.2) is 6.29 Å². The highest BCUT2D eigenvalue weighted by Gasteiger charge is 2.31. The lowest BCUT2D eigenvalue weighted by molar-refractivity contribution is -0.181. The smallest absolute Gasteiger partial charge is 0.309 e. The minimum Gasteiger partial charge on any atom is -0.353 e. The lowest BCUT2D eigenvalue weighted by Crippen LogP contribution is -2.29. The second kappa shape index (κ2) is 8.91. The number of unbranched alkanes of at least 4 members (excludes halogenated alkanes) is 1. The summed E-state index contributed by atoms with van der Waals surface area (Å²) in [6.07, 6.45) is 7.75. The van der Waals surface area contributed by atoms with Gasteiger partial charge in [-0.1, -0.05) is 6.08 Å². The Balaban J connectivity index is 2.36. The first-order valence-corrected chi connectivity index (χ1v) is 9.04. The number of hydrogen-bond acceptors (Lipinski definition) is 3. The monoisotopic (exact) mass is 319 g/mol. The fraction of sp³-hybridized carbons (Fsp3) is 0.857. The van der Waals surface area contributed by atoms with Crippen molar-refractivity contribution in [3.8, 4) is 0 Å². The van der Waals surface area contributed by atoms with E-state index in [0.29, 0.717) is 0 Å². The Morgan fingerprint density at radius 2 is 1.67 bits per heavy atom. The number of nitrogens with zero attached hydrogens (tertiary/aromatic N) is 3. The molecule has 0 atom stereocenters. The minimum absolute atomic E-state index is 0.0421. The van der Waals surface area contributed by atoms with Gasteiger partial charge < -0.3 is 14.1 Å². The van der Waals surface area contributed by atoms with E-state index in [1.807, 2.05) is 41.4 Å². The fourth-order valence-electron chi connectivity index (χ4n) is 2.34. The van der Waals surface area contributed by atoms with Crippen molar-refractivity contribution in [2.45, 2.75) is 32.0 Å². The van der Waals surface area contributed by atoms with Crippen LogP contribution in [0.4, 0.5) is 0 Å². The Morgan fingerprint density at radius 1 is 1.10 bits per heavy atom. The van der Waals surface area contributed by atoms with Crippen molar-refractivity contribution in [3.63, 3.8) is 0 Å². The third-order valence-corrected chi connectivity index (χ3v) is 6.52. The number of ether oxygens (including phenoxy) is 2. The zero-order chi connectivity index (χ0) is 15.9. The lowest BCUT2D eigenvalue weighted by Gasteiger charge is -2.36. The fourth-order valence-corrected chi connectivity index (χ4v) is 4.45. The van der Waals surface area contributed by atoms with Crippen molar-refractivity contribution in [2.24, 2.45) is 0 Å². The largest absolute Gasteiger partial charge is 0.353 e. The Bertz CT molecular complexity index is 356. The number of hydrogen-bond donors (Lipinski definition) is 0. The average molecular weight is 319 g/mol. The molecule has 0 unspecified atom stereocenters. The van der Waals surface area contributed by atoms with Crippen LogP contribution in [0.2, 0.25) is 0 Å². The first-order valence-electron chi connectivity index (χ1n) is 7.48. The molecule has 0 aromatic heterocycles. The number of allylic oxidation sites excluding steroid dienone is 1. The summed E-state index contributed by atoms with van der Waals surface area (Å²) in [5, 5.41) is 0. The van der Waals surface area contributed by atoms with Crippen LogP contribution in [0.25, 0.3) is 0 Å². The lowest BCUT2D eigenvalue weighted by atomic mass is 10.2. The van der Waals surface area contributed by atoms with Crippen LogP contribution in [0.1, 0.15) is 25.7 Å². The average Bonchev–Trinajstić information content (AvgIpc) is 2.46. The predicted octanol–water partition coefficient (Wildman–Crippen LogP) is 2.60. The molecule has 0 amide bonds. The Hall–Kier alpha value is -0.390. The molecule has 1 fully saturated rings. The van der Waals surface area contributed by atoms with E-state index in [0.717, 1.165) is 38.9 Å². The van der Waals surface area contributed by atoms with Crippen molar-refractivity contribution in [1.82, 2.24) is 14.0 Å². The summed E-state index contributed by atoms with van der Waals surface area (Å²) in [5.74, 6) is 0. The summed E-state index contributed by atoms with van der Waals surface area (Å²) in [6.45, 7) is 1.61. The van der Waals surface area contributed by atoms with E-state index >= 15 is 0 Å². The molecule has 0 N–H and O–H groups in total. The van der Waals surface area contributed by atoms with Crippen LogP contribution in [0.15, 0.2) is 12.3 Å². The van der Waals surface area contributed by atoms with Gasteiger partial charge in [0, 0.05) is 13.2 Å². The quantitative estimate of drug-likeness (QED) is 0.506. The molecule has 21 heavy (non-hydrogen) atoms. The van der Waals surface area contributed by atoms with E-state index in [9.17, 15) is 4.57 Å². The second-order valence-corrected chi connectivity index (χ2v) is 8.88. The molecular weight excluding hydrogens is 289 g/mol. The summed E-state index contributed by atoms with van der Waals surface area (Å²) in [6, 6.07) is 0. The van der Waals surface area contributed by atoms with Crippen molar-refractivity contribution in [2.75, 3.05) is 48.5 Å². The molecule has 1 rings (SSSR count). The standard InChI is InChI=1S/C14H30N3O3P/c1-15(2)21(18,16(3)4)17(5)11-8-6-7-10-14-19-12-9-13-20-14/h8,11,14H,6-7,9-10,12-13H2,1-5H3/b11-8+. The van der Waals surface area contributed by atoms with Crippen molar-refractivity contribution >= 4 is 7.59 Å². The van der Waals surface area contributed by atoms with Gasteiger partial charge in [0.05, 0.1) is 13.2 Å². The van der Waals surface area contributed by atoms with E-state index in [1.54, 1.807) is 14.0 Å². The van der Waals surface area contributed by atoms with E-state index < -0.39 is 7.59 Å². The highest BCUT2D eigenvalue weighted by atomic mass is 31.2. The van der Waals surface area contributed by atoms with Crippen LogP contribution in [-0.2, 0) is 14.0 Å². The van der Waals surface area contributed by atoms with Crippen LogP contribution >= 0.6 is 7.59 Å². The molecule has 6 nitrogen and oxygen atoms in total. The summed E-state index contributed by atoms with van der Waals surface area (Å²) in [5.41, 5.74) is 0. The summed E-state index contributed by atoms with van der Waals surface area (Å²) >= 11 is 0. The molecule has 0 aromatic carbocycles. The first-order chi connectivity index (χ1) is 9.89. The topological polar surface area (TPSA) is 45.3 Å². The van der Waals surface area contributed by atoms with Gasteiger partial charge in [-0.05, 0) is 53.9 Å². The molecule has 0 radical (unpaired) electrons. The molecule has 7 heteroatoms. The van der Waals surface area contributed by atoms with E-state index in [-0.39, 0.29) is 6.29 Å². The minimum atomic E-state index is -2.67. The Labute approximate surface area is 129 Å². The molecular formula is C14H30N3O3P. The van der Waals surface area contributed by atoms with Crippen LogP contribution in [0.5, 0.6) is 0 Å². The van der Waals surface area contributed by atoms with Crippen molar-refractivity contribution in [3.05, 3.63) is 12.3 Å². The van der Waals surface area contributed by atoms with E-state index in [4.69, 9.17) is 9.47 Å². The molecule has 124 valence electrons. The van der Waals surface area contributed by atoms with Crippen molar-refractivity contribution in [1.29, 1.82) is 0 Å². The highest BCUT2D eigenvalue weighted by Crippen LogP contribution is 2.52. The van der Waals surface area contributed by atoms with Crippen LogP contribution in [-0.4, -0.2) is 68.8 Å². The number of rotatable bonds is 8. The summed E-state index contributed by atoms with van der Waals surface area (Å²) < 4.78 is 29.2. The maximum Gasteiger partial charge on any atom is 0.309 e. The SMILES string of the molecule is CN(C)P(=O)(N(C)C)N(C)/C=C/CCCC1OCCCO1. The van der Waals surface area contributed by atoms with Crippen LogP contribution in [0.3, 0.4) is 0 Å². The Kier molecular flexibility index (Phi) is 7.92. The van der Waals surface area contributed by atoms with Gasteiger partial charge in [-0.15, -0.1) is 0 Å². The molecule has 0 bridgehead atoms. The van der Waals surface area contributed by atoms with Gasteiger partial charge in [0.1, 0.15) is 0 Å². The molecule has 0 saturated carbocycles. The first kappa shape index (κ1) is 18.7. The third-order valence-electron chi connectivity index (χ3n) is 3.48. The molecule has 1 aliphatic rings. The molecule has 1 saturated heterocycles. The van der Waals surface area contributed by atoms with Gasteiger partial charge in [-0.3, -0.25) is 4.57 Å². The molecule has 0 aliphatic carbocycles. The van der Waals surface area contributed by atoms with Gasteiger partial charge in [-0.2, -0.15) is 0 Å². The molecule has 1 heterocycles. The molecule has 0 spiro atoms. The zero-order valence-corrected chi connectivity index (χ0v) is 14.9. The normalized spacial score (nSPS) is 18.0. The molecule has 0 aromatic rings. The second-order valence-electron chi connectivity index (χ2n) is 5.62. The van der Waals surface area contributed by atoms with E-state index in [1.165, 1.54) is 0 Å². The summed E-state index contributed by atoms with van der Waals surface area (Å²) in [4.78, 5) is 0. The summed E-state index contributed by atoms with van der Waals surface area (Å²) in [7, 11) is 6.53. The maximum atomic E-state index is 12.9. The van der Waals surface area contributed by atoms with Crippen LogP contribution < -0.4 is 0 Å². The maximum absolute atomic E-state index is 12.9.